The fourth-order valence-electron chi connectivity index (χ4n) is 8.11. The average molecular weight is 1020 g/mol. The summed E-state index contributed by atoms with van der Waals surface area (Å²) in [5, 5.41) is 6.47. The number of carbonyl (C=O) groups excluding carboxylic acids is 1. The van der Waals surface area contributed by atoms with Gasteiger partial charge in [-0.2, -0.15) is 0 Å². The third-order valence-electron chi connectivity index (χ3n) is 12.2. The number of amides is 1. The van der Waals surface area contributed by atoms with E-state index in [4.69, 9.17) is 34.2 Å². The third-order valence-corrected chi connectivity index (χ3v) is 12.2. The number of nitrogens with one attached hydrogen (secondary N) is 2. The number of nitrogens with zero attached hydrogens (tertiary/aromatic N) is 2. The minimum atomic E-state index is -0.129. The average Bonchev–Trinajstić information content (AvgIpc) is 3.48. The second-order valence-electron chi connectivity index (χ2n) is 17.5. The van der Waals surface area contributed by atoms with E-state index in [1.165, 1.54) is 17.2 Å². The van der Waals surface area contributed by atoms with Crippen LogP contribution in [0.2, 0.25) is 0 Å². The van der Waals surface area contributed by atoms with Crippen LogP contribution in [0.5, 0.6) is 34.5 Å². The summed E-state index contributed by atoms with van der Waals surface area (Å²) >= 11 is 0. The van der Waals surface area contributed by atoms with Crippen molar-refractivity contribution in [2.45, 2.75) is 45.1 Å². The second kappa shape index (κ2) is 30.5. The number of hydrogen-bond acceptors (Lipinski definition) is 11. The number of carbonyl (C=O) groups is 1. The maximum atomic E-state index is 12.0. The van der Waals surface area contributed by atoms with E-state index in [0.717, 1.165) is 81.3 Å². The molecule has 390 valence electrons. The van der Waals surface area contributed by atoms with Crippen molar-refractivity contribution in [3.63, 3.8) is 0 Å². The van der Waals surface area contributed by atoms with Crippen molar-refractivity contribution in [1.29, 1.82) is 0 Å². The molecule has 0 aliphatic carbocycles. The zero-order valence-corrected chi connectivity index (χ0v) is 43.5. The number of methoxy groups -OCH3 is 3. The van der Waals surface area contributed by atoms with Crippen LogP contribution in [-0.4, -0.2) is 56.8 Å². The summed E-state index contributed by atoms with van der Waals surface area (Å²) in [6.07, 6.45) is 17.1. The van der Waals surface area contributed by atoms with Gasteiger partial charge >= 0.3 is 0 Å². The minimum absolute atomic E-state index is 0.129. The molecule has 0 bridgehead atoms. The van der Waals surface area contributed by atoms with Crippen molar-refractivity contribution < 1.29 is 33.2 Å². The van der Waals surface area contributed by atoms with Crippen molar-refractivity contribution in [1.82, 2.24) is 20.6 Å². The molecular formula is C64H67N5O7. The largest absolute Gasteiger partial charge is 0.493 e. The van der Waals surface area contributed by atoms with Gasteiger partial charge in [0.25, 0.3) is 0 Å². The first-order valence-electron chi connectivity index (χ1n) is 25.3. The van der Waals surface area contributed by atoms with Gasteiger partial charge in [-0.15, -0.1) is 0 Å². The molecule has 9 rings (SSSR count). The summed E-state index contributed by atoms with van der Waals surface area (Å²) in [6.45, 7) is 3.62. The van der Waals surface area contributed by atoms with Crippen molar-refractivity contribution in [2.75, 3.05) is 41.0 Å². The topological polar surface area (TPSA) is 148 Å². The van der Waals surface area contributed by atoms with Crippen LogP contribution in [0, 0.1) is 0 Å². The molecule has 1 atom stereocenters. The quantitative estimate of drug-likeness (QED) is 0.0591. The number of ether oxygens (including phenoxy) is 6. The number of pyridine rings is 2. The van der Waals surface area contributed by atoms with E-state index in [-0.39, 0.29) is 11.9 Å². The number of fused-ring (bicyclic) bond motifs is 1. The van der Waals surface area contributed by atoms with Crippen LogP contribution in [0.3, 0.4) is 0 Å². The number of aromatic nitrogens is 2. The molecule has 2 aromatic heterocycles. The fraction of sp³-hybridized carbons (Fsp3) is 0.203. The lowest BCUT2D eigenvalue weighted by Crippen LogP contribution is -2.28. The summed E-state index contributed by atoms with van der Waals surface area (Å²) in [7, 11) is 4.96. The van der Waals surface area contributed by atoms with Gasteiger partial charge in [0, 0.05) is 44.0 Å². The standard InChI is InChI=1S/C24H24N2O3.C24H24N2O2.C16H19NO2/c1-28-22-9-7-20(17-23(22)29-18-21-5-3-2-4-6-21)13-16-26-24(27)10-8-19-11-14-25-15-12-19;1-27-23-16-21-20(15-24(23)28-17-19-5-3-2-4-6-19)11-14-26-22(21)8-7-18-9-12-25-13-10-18;1-18-15-8-7-13(9-10-17)11-16(15)19-12-14-5-3-2-4-6-14/h2-12,14-15,17H,13,16,18H2,1H3,(H,26,27);2-10,12-13,15-16,22,26H,11,14,17H2,1H3;2-8,11H,9-10,12,17H2,1H3/b10-8+;8-7+;. The van der Waals surface area contributed by atoms with E-state index in [2.05, 4.69) is 57.0 Å². The zero-order valence-electron chi connectivity index (χ0n) is 43.5. The van der Waals surface area contributed by atoms with Crippen LogP contribution in [0.15, 0.2) is 201 Å². The third kappa shape index (κ3) is 17.8. The van der Waals surface area contributed by atoms with Gasteiger partial charge in [-0.3, -0.25) is 14.8 Å². The van der Waals surface area contributed by atoms with Crippen molar-refractivity contribution in [3.8, 4) is 34.5 Å². The lowest BCUT2D eigenvalue weighted by atomic mass is 9.93. The Kier molecular flexibility index (Phi) is 22.1. The Labute approximate surface area is 447 Å². The molecule has 1 aliphatic heterocycles. The van der Waals surface area contributed by atoms with E-state index >= 15 is 0 Å². The van der Waals surface area contributed by atoms with E-state index in [1.54, 1.807) is 52.2 Å². The molecule has 1 amide bonds. The summed E-state index contributed by atoms with van der Waals surface area (Å²) in [5.41, 5.74) is 15.8. The smallest absolute Gasteiger partial charge is 0.244 e. The van der Waals surface area contributed by atoms with Gasteiger partial charge in [0.1, 0.15) is 19.8 Å². The van der Waals surface area contributed by atoms with E-state index in [1.807, 2.05) is 140 Å². The molecule has 6 aromatic carbocycles. The molecule has 0 saturated carbocycles. The highest BCUT2D eigenvalue weighted by Gasteiger charge is 2.21. The number of hydrogen-bond donors (Lipinski definition) is 3. The predicted octanol–water partition coefficient (Wildman–Crippen LogP) is 11.4. The Bertz CT molecular complexity index is 3030. The van der Waals surface area contributed by atoms with Gasteiger partial charge in [-0.05, 0) is 143 Å². The number of rotatable bonds is 21. The van der Waals surface area contributed by atoms with Crippen molar-refractivity contribution >= 4 is 18.1 Å². The highest BCUT2D eigenvalue weighted by atomic mass is 16.5. The molecule has 76 heavy (non-hydrogen) atoms. The fourth-order valence-corrected chi connectivity index (χ4v) is 8.11. The summed E-state index contributed by atoms with van der Waals surface area (Å²) in [6, 6.07) is 54.1. The molecule has 3 heterocycles. The normalized spacial score (nSPS) is 12.5. The Hall–Kier alpha value is -8.71. The van der Waals surface area contributed by atoms with Crippen molar-refractivity contribution in [3.05, 3.63) is 251 Å². The first-order chi connectivity index (χ1) is 37.4. The Morgan fingerprint density at radius 2 is 1.03 bits per heavy atom. The Balaban J connectivity index is 0.000000170. The molecule has 1 unspecified atom stereocenters. The van der Waals surface area contributed by atoms with Crippen LogP contribution >= 0.6 is 0 Å². The van der Waals surface area contributed by atoms with E-state index in [0.29, 0.717) is 50.8 Å². The van der Waals surface area contributed by atoms with Gasteiger partial charge in [-0.25, -0.2) is 0 Å². The highest BCUT2D eigenvalue weighted by molar-refractivity contribution is 5.91. The second-order valence-corrected chi connectivity index (χ2v) is 17.5. The molecule has 12 nitrogen and oxygen atoms in total. The number of benzene rings is 6. The molecule has 0 radical (unpaired) electrons. The van der Waals surface area contributed by atoms with Gasteiger partial charge < -0.3 is 44.8 Å². The minimum Gasteiger partial charge on any atom is -0.493 e. The lowest BCUT2D eigenvalue weighted by Gasteiger charge is -2.26. The van der Waals surface area contributed by atoms with Gasteiger partial charge in [0.15, 0.2) is 34.5 Å². The highest BCUT2D eigenvalue weighted by Crippen LogP contribution is 2.37. The zero-order chi connectivity index (χ0) is 53.0. The molecule has 0 spiro atoms. The molecule has 8 aromatic rings. The van der Waals surface area contributed by atoms with E-state index < -0.39 is 0 Å². The van der Waals surface area contributed by atoms with Crippen LogP contribution < -0.4 is 44.8 Å². The number of nitrogens with two attached hydrogens (primary N) is 1. The predicted molar refractivity (Wildman–Crippen MR) is 302 cm³/mol. The molecule has 1 aliphatic rings. The first kappa shape index (κ1) is 55.0. The van der Waals surface area contributed by atoms with Crippen LogP contribution in [-0.2, 0) is 43.9 Å². The maximum Gasteiger partial charge on any atom is 0.244 e. The van der Waals surface area contributed by atoms with Gasteiger partial charge in [-0.1, -0.05) is 115 Å². The molecule has 0 saturated heterocycles. The molecule has 4 N–H and O–H groups in total. The summed E-state index contributed by atoms with van der Waals surface area (Å²) < 4.78 is 34.2. The van der Waals surface area contributed by atoms with Gasteiger partial charge in [0.2, 0.25) is 5.91 Å². The SMILES string of the molecule is COc1cc2c(cc1OCc1ccccc1)CCNC2/C=C/c1ccncc1.COc1ccc(CCN)cc1OCc1ccccc1.COc1ccc(CCNC(=O)/C=C/c2ccncc2)cc1OCc1ccccc1. The van der Waals surface area contributed by atoms with Crippen LogP contribution in [0.1, 0.15) is 56.1 Å². The lowest BCUT2D eigenvalue weighted by molar-refractivity contribution is -0.116. The van der Waals surface area contributed by atoms with Crippen LogP contribution in [0.4, 0.5) is 0 Å². The summed E-state index contributed by atoms with van der Waals surface area (Å²) in [4.78, 5) is 20.0. The van der Waals surface area contributed by atoms with E-state index in [9.17, 15) is 4.79 Å². The summed E-state index contributed by atoms with van der Waals surface area (Å²) in [5.74, 6) is 4.32. The van der Waals surface area contributed by atoms with Gasteiger partial charge in [0.05, 0.1) is 27.4 Å². The van der Waals surface area contributed by atoms with Crippen LogP contribution in [0.25, 0.3) is 12.2 Å². The Morgan fingerprint density at radius 3 is 1.51 bits per heavy atom. The molecular weight excluding hydrogens is 951 g/mol. The molecule has 12 heteroatoms. The molecule has 0 fully saturated rings. The van der Waals surface area contributed by atoms with Crippen molar-refractivity contribution in [2.24, 2.45) is 5.73 Å². The Morgan fingerprint density at radius 1 is 0.553 bits per heavy atom. The maximum absolute atomic E-state index is 12.0. The first-order valence-corrected chi connectivity index (χ1v) is 25.3. The monoisotopic (exact) mass is 1020 g/mol.